The van der Waals surface area contributed by atoms with Gasteiger partial charge in [0.25, 0.3) is 0 Å². The highest BCUT2D eigenvalue weighted by molar-refractivity contribution is 5.96. The summed E-state index contributed by atoms with van der Waals surface area (Å²) in [5, 5.41) is 2.68. The van der Waals surface area contributed by atoms with Gasteiger partial charge in [0.2, 0.25) is 0 Å². The van der Waals surface area contributed by atoms with Gasteiger partial charge in [0.1, 0.15) is 5.60 Å². The number of epoxide rings is 1. The minimum absolute atomic E-state index is 0.0791. The van der Waals surface area contributed by atoms with Gasteiger partial charge in [-0.1, -0.05) is 13.8 Å². The average molecular weight is 285 g/mol. The number of ether oxygens (including phenoxy) is 2. The molecule has 1 aliphatic heterocycles. The molecule has 3 atom stereocenters. The van der Waals surface area contributed by atoms with Crippen molar-refractivity contribution in [1.29, 1.82) is 0 Å². The number of ketones is 1. The van der Waals surface area contributed by atoms with Crippen LogP contribution in [-0.2, 0) is 14.3 Å². The molecule has 116 valence electrons. The lowest BCUT2D eigenvalue weighted by molar-refractivity contribution is -0.126. The molecule has 5 nitrogen and oxygen atoms in total. The molecule has 1 fully saturated rings. The molecule has 20 heavy (non-hydrogen) atoms. The van der Waals surface area contributed by atoms with Gasteiger partial charge in [-0.15, -0.1) is 0 Å². The Morgan fingerprint density at radius 2 is 1.85 bits per heavy atom. The molecule has 5 heteroatoms. The summed E-state index contributed by atoms with van der Waals surface area (Å²) in [6.45, 7) is 13.0. The highest BCUT2D eigenvalue weighted by Crippen LogP contribution is 2.38. The maximum Gasteiger partial charge on any atom is 0.408 e. The first kappa shape index (κ1) is 17.0. The van der Waals surface area contributed by atoms with E-state index < -0.39 is 23.3 Å². The fourth-order valence-electron chi connectivity index (χ4n) is 2.09. The normalized spacial score (nSPS) is 27.1. The van der Waals surface area contributed by atoms with Crippen LogP contribution in [0.25, 0.3) is 0 Å². The summed E-state index contributed by atoms with van der Waals surface area (Å²) in [6.07, 6.45) is -0.0810. The second-order valence-corrected chi connectivity index (χ2v) is 7.06. The lowest BCUT2D eigenvalue weighted by Crippen LogP contribution is -2.48. The van der Waals surface area contributed by atoms with Crippen molar-refractivity contribution in [1.82, 2.24) is 5.32 Å². The molecule has 0 bridgehead atoms. The van der Waals surface area contributed by atoms with E-state index in [0.29, 0.717) is 6.42 Å². The fraction of sp³-hybridized carbons (Fsp3) is 0.867. The second-order valence-electron chi connectivity index (χ2n) is 7.06. The monoisotopic (exact) mass is 285 g/mol. The zero-order valence-electron chi connectivity index (χ0n) is 13.6. The topological polar surface area (TPSA) is 67.9 Å². The molecule has 0 saturated carbocycles. The van der Waals surface area contributed by atoms with E-state index in [1.54, 1.807) is 27.7 Å². The number of amides is 1. The maximum absolute atomic E-state index is 12.5. The van der Waals surface area contributed by atoms with E-state index in [0.717, 1.165) is 0 Å². The molecule has 0 radical (unpaired) electrons. The first-order valence-electron chi connectivity index (χ1n) is 7.17. The van der Waals surface area contributed by atoms with E-state index in [1.807, 2.05) is 20.8 Å². The van der Waals surface area contributed by atoms with Crippen molar-refractivity contribution < 1.29 is 19.1 Å². The van der Waals surface area contributed by atoms with Crippen molar-refractivity contribution in [2.45, 2.75) is 78.2 Å². The molecule has 0 unspecified atom stereocenters. The standard InChI is InChI=1S/C15H27NO4/c1-9(2)8-11(12(17)15(7)10(3)19-15)16-13(18)20-14(4,5)6/h9-11H,8H2,1-7H3,(H,16,18)/t10-,11-,15-/m1/s1. The van der Waals surface area contributed by atoms with Gasteiger partial charge >= 0.3 is 6.09 Å². The first-order chi connectivity index (χ1) is 8.95. The van der Waals surface area contributed by atoms with Gasteiger partial charge in [0.05, 0.1) is 12.1 Å². The molecule has 1 saturated heterocycles. The second kappa shape index (κ2) is 5.72. The third-order valence-corrected chi connectivity index (χ3v) is 3.34. The van der Waals surface area contributed by atoms with Crippen LogP contribution in [0.4, 0.5) is 4.79 Å². The van der Waals surface area contributed by atoms with Crippen molar-refractivity contribution in [3.05, 3.63) is 0 Å². The highest BCUT2D eigenvalue weighted by atomic mass is 16.6. The van der Waals surface area contributed by atoms with Crippen LogP contribution in [0.15, 0.2) is 0 Å². The van der Waals surface area contributed by atoms with Gasteiger partial charge in [-0.25, -0.2) is 4.79 Å². The number of carbonyl (C=O) groups is 2. The number of Topliss-reactive ketones (excluding diaryl/α,β-unsaturated/α-hetero) is 1. The number of hydrogen-bond acceptors (Lipinski definition) is 4. The van der Waals surface area contributed by atoms with Gasteiger partial charge in [-0.3, -0.25) is 4.79 Å². The van der Waals surface area contributed by atoms with Crippen LogP contribution in [0.5, 0.6) is 0 Å². The summed E-state index contributed by atoms with van der Waals surface area (Å²) >= 11 is 0. The van der Waals surface area contributed by atoms with Gasteiger partial charge in [-0.05, 0) is 47.0 Å². The van der Waals surface area contributed by atoms with E-state index >= 15 is 0 Å². The SMILES string of the molecule is CC(C)C[C@@H](NC(=O)OC(C)(C)C)C(=O)[C@]1(C)O[C@@H]1C. The predicted octanol–water partition coefficient (Wildman–Crippen LogP) is 2.67. The Balaban J connectivity index is 2.70. The predicted molar refractivity (Wildman–Crippen MR) is 76.6 cm³/mol. The molecule has 1 aliphatic rings. The van der Waals surface area contributed by atoms with Crippen molar-refractivity contribution in [3.63, 3.8) is 0 Å². The summed E-state index contributed by atoms with van der Waals surface area (Å²) in [7, 11) is 0. The Kier molecular flexibility index (Phi) is 4.85. The molecular formula is C15H27NO4. The molecule has 1 N–H and O–H groups in total. The molecule has 0 aromatic heterocycles. The molecule has 0 aromatic carbocycles. The Labute approximate surface area is 121 Å². The summed E-state index contributed by atoms with van der Waals surface area (Å²) in [5.41, 5.74) is -1.35. The number of rotatable bonds is 5. The third kappa shape index (κ3) is 4.47. The average Bonchev–Trinajstić information content (AvgIpc) is 2.82. The lowest BCUT2D eigenvalue weighted by Gasteiger charge is -2.25. The lowest BCUT2D eigenvalue weighted by atomic mass is 9.91. The quantitative estimate of drug-likeness (QED) is 0.789. The Hall–Kier alpha value is -1.10. The number of carbonyl (C=O) groups excluding carboxylic acids is 2. The molecule has 0 aromatic rings. The van der Waals surface area contributed by atoms with E-state index in [2.05, 4.69) is 5.32 Å². The summed E-state index contributed by atoms with van der Waals surface area (Å²) < 4.78 is 10.6. The van der Waals surface area contributed by atoms with Crippen molar-refractivity contribution in [2.75, 3.05) is 0 Å². The zero-order chi connectivity index (χ0) is 15.7. The minimum atomic E-state index is -0.769. The van der Waals surface area contributed by atoms with Gasteiger partial charge in [0, 0.05) is 0 Å². The fourth-order valence-corrected chi connectivity index (χ4v) is 2.09. The van der Waals surface area contributed by atoms with Crippen LogP contribution in [-0.4, -0.2) is 35.2 Å². The molecule has 1 amide bonds. The molecule has 0 spiro atoms. The molecular weight excluding hydrogens is 258 g/mol. The summed E-state index contributed by atoms with van der Waals surface area (Å²) in [4.78, 5) is 24.3. The Morgan fingerprint density at radius 1 is 1.35 bits per heavy atom. The van der Waals surface area contributed by atoms with E-state index in [1.165, 1.54) is 0 Å². The third-order valence-electron chi connectivity index (χ3n) is 3.34. The molecule has 0 aliphatic carbocycles. The Morgan fingerprint density at radius 3 is 2.20 bits per heavy atom. The van der Waals surface area contributed by atoms with E-state index in [9.17, 15) is 9.59 Å². The van der Waals surface area contributed by atoms with Crippen LogP contribution in [0, 0.1) is 5.92 Å². The molecule has 1 rings (SSSR count). The van der Waals surface area contributed by atoms with Crippen molar-refractivity contribution in [3.8, 4) is 0 Å². The minimum Gasteiger partial charge on any atom is -0.444 e. The summed E-state index contributed by atoms with van der Waals surface area (Å²) in [5.74, 6) is 0.209. The van der Waals surface area contributed by atoms with E-state index in [4.69, 9.17) is 9.47 Å². The largest absolute Gasteiger partial charge is 0.444 e. The zero-order valence-corrected chi connectivity index (χ0v) is 13.6. The Bertz CT molecular complexity index is 386. The smallest absolute Gasteiger partial charge is 0.408 e. The van der Waals surface area contributed by atoms with Crippen LogP contribution in [0.1, 0.15) is 54.9 Å². The van der Waals surface area contributed by atoms with Crippen LogP contribution < -0.4 is 5.32 Å². The highest BCUT2D eigenvalue weighted by Gasteiger charge is 2.57. The number of alkyl carbamates (subject to hydrolysis) is 1. The van der Waals surface area contributed by atoms with Crippen molar-refractivity contribution in [2.24, 2.45) is 5.92 Å². The number of nitrogens with one attached hydrogen (secondary N) is 1. The van der Waals surface area contributed by atoms with E-state index in [-0.39, 0.29) is 17.8 Å². The van der Waals surface area contributed by atoms with Gasteiger partial charge in [0.15, 0.2) is 11.4 Å². The number of hydrogen-bond donors (Lipinski definition) is 1. The van der Waals surface area contributed by atoms with Crippen LogP contribution in [0.3, 0.4) is 0 Å². The van der Waals surface area contributed by atoms with Crippen molar-refractivity contribution >= 4 is 11.9 Å². The molecule has 1 heterocycles. The maximum atomic E-state index is 12.5. The summed E-state index contributed by atoms with van der Waals surface area (Å²) in [6, 6.07) is -0.570. The first-order valence-corrected chi connectivity index (χ1v) is 7.17. The van der Waals surface area contributed by atoms with Crippen LogP contribution in [0.2, 0.25) is 0 Å². The van der Waals surface area contributed by atoms with Crippen LogP contribution >= 0.6 is 0 Å². The van der Waals surface area contributed by atoms with Gasteiger partial charge in [-0.2, -0.15) is 0 Å². The van der Waals surface area contributed by atoms with Gasteiger partial charge < -0.3 is 14.8 Å².